The molecule has 1 rings (SSSR count). The summed E-state index contributed by atoms with van der Waals surface area (Å²) in [4.78, 5) is 13.9. The van der Waals surface area contributed by atoms with Crippen molar-refractivity contribution in [1.29, 1.82) is 0 Å². The third-order valence-corrected chi connectivity index (χ3v) is 3.90. The summed E-state index contributed by atoms with van der Waals surface area (Å²) in [5.41, 5.74) is 0. The molecule has 0 aromatic rings. The van der Waals surface area contributed by atoms with Crippen LogP contribution in [0.5, 0.6) is 0 Å². The van der Waals surface area contributed by atoms with Crippen LogP contribution in [0.3, 0.4) is 0 Å². The highest BCUT2D eigenvalue weighted by atomic mass is 32.2. The van der Waals surface area contributed by atoms with Crippen molar-refractivity contribution in [2.24, 2.45) is 5.92 Å². The monoisotopic (exact) mass is 215 g/mol. The molecule has 2 atom stereocenters. The van der Waals surface area contributed by atoms with Crippen LogP contribution in [0.2, 0.25) is 0 Å². The van der Waals surface area contributed by atoms with Gasteiger partial charge in [-0.15, -0.1) is 0 Å². The summed E-state index contributed by atoms with van der Waals surface area (Å²) in [6.45, 7) is 7.43. The van der Waals surface area contributed by atoms with Crippen LogP contribution in [0.4, 0.5) is 4.79 Å². The van der Waals surface area contributed by atoms with Crippen LogP contribution in [0.1, 0.15) is 40.0 Å². The predicted molar refractivity (Wildman–Crippen MR) is 62.7 cm³/mol. The molecule has 0 bridgehead atoms. The lowest BCUT2D eigenvalue weighted by atomic mass is 9.99. The summed E-state index contributed by atoms with van der Waals surface area (Å²) in [5.74, 6) is 1.54. The second kappa shape index (κ2) is 5.64. The minimum atomic E-state index is 0.272. The quantitative estimate of drug-likeness (QED) is 0.668. The largest absolute Gasteiger partial charge is 0.331 e. The van der Waals surface area contributed by atoms with Gasteiger partial charge in [0.05, 0.1) is 0 Å². The zero-order valence-electron chi connectivity index (χ0n) is 9.45. The number of carbonyl (C=O) groups is 1. The maximum Gasteiger partial charge on any atom is 0.281 e. The molecule has 14 heavy (non-hydrogen) atoms. The van der Waals surface area contributed by atoms with Gasteiger partial charge >= 0.3 is 0 Å². The molecular weight excluding hydrogens is 194 g/mol. The Labute approximate surface area is 91.4 Å². The van der Waals surface area contributed by atoms with E-state index in [1.165, 1.54) is 31.0 Å². The van der Waals surface area contributed by atoms with E-state index in [2.05, 4.69) is 18.7 Å². The first-order valence-corrected chi connectivity index (χ1v) is 6.58. The standard InChI is InChI=1S/C11H21NOS/c1-4-14-11(13)12-8-6-5-7-9(2)10(12)3/h9-10H,4-8H2,1-3H3. The van der Waals surface area contributed by atoms with Crippen LogP contribution in [0.15, 0.2) is 0 Å². The number of hydrogen-bond acceptors (Lipinski definition) is 2. The zero-order chi connectivity index (χ0) is 10.6. The Morgan fingerprint density at radius 2 is 2.14 bits per heavy atom. The molecular formula is C11H21NOS. The van der Waals surface area contributed by atoms with Gasteiger partial charge in [0, 0.05) is 12.6 Å². The van der Waals surface area contributed by atoms with Gasteiger partial charge in [-0.25, -0.2) is 0 Å². The third-order valence-electron chi connectivity index (χ3n) is 3.13. The van der Waals surface area contributed by atoms with Crippen molar-refractivity contribution < 1.29 is 4.79 Å². The summed E-state index contributed by atoms with van der Waals surface area (Å²) in [7, 11) is 0. The smallest absolute Gasteiger partial charge is 0.281 e. The molecule has 82 valence electrons. The normalized spacial score (nSPS) is 28.6. The van der Waals surface area contributed by atoms with E-state index >= 15 is 0 Å². The van der Waals surface area contributed by atoms with Gasteiger partial charge in [0.2, 0.25) is 0 Å². The fourth-order valence-electron chi connectivity index (χ4n) is 1.96. The molecule has 1 aliphatic heterocycles. The number of thioether (sulfide) groups is 1. The molecule has 1 fully saturated rings. The van der Waals surface area contributed by atoms with Crippen LogP contribution in [0.25, 0.3) is 0 Å². The van der Waals surface area contributed by atoms with Gasteiger partial charge in [0.1, 0.15) is 0 Å². The lowest BCUT2D eigenvalue weighted by Gasteiger charge is -2.30. The molecule has 0 saturated carbocycles. The van der Waals surface area contributed by atoms with Gasteiger partial charge in [-0.2, -0.15) is 0 Å². The Hall–Kier alpha value is -0.180. The summed E-state index contributed by atoms with van der Waals surface area (Å²) in [6, 6.07) is 0.420. The summed E-state index contributed by atoms with van der Waals surface area (Å²) in [5, 5.41) is 0.272. The molecule has 1 saturated heterocycles. The van der Waals surface area contributed by atoms with Crippen LogP contribution in [-0.4, -0.2) is 28.5 Å². The Kier molecular flexibility index (Phi) is 4.79. The Morgan fingerprint density at radius 3 is 2.79 bits per heavy atom. The molecule has 1 heterocycles. The van der Waals surface area contributed by atoms with Crippen LogP contribution in [0, 0.1) is 5.92 Å². The Balaban J connectivity index is 2.59. The molecule has 2 nitrogen and oxygen atoms in total. The van der Waals surface area contributed by atoms with E-state index in [0.717, 1.165) is 12.3 Å². The van der Waals surface area contributed by atoms with Gasteiger partial charge in [-0.05, 0) is 31.4 Å². The first-order valence-electron chi connectivity index (χ1n) is 5.60. The minimum absolute atomic E-state index is 0.272. The Bertz CT molecular complexity index is 196. The van der Waals surface area contributed by atoms with E-state index in [-0.39, 0.29) is 5.24 Å². The van der Waals surface area contributed by atoms with E-state index in [1.54, 1.807) is 0 Å². The van der Waals surface area contributed by atoms with Crippen molar-refractivity contribution >= 4 is 17.0 Å². The molecule has 0 spiro atoms. The average Bonchev–Trinajstić information content (AvgIpc) is 2.31. The molecule has 3 heteroatoms. The number of likely N-dealkylation sites (tertiary alicyclic amines) is 1. The molecule has 1 aliphatic rings. The number of carbonyl (C=O) groups excluding carboxylic acids is 1. The van der Waals surface area contributed by atoms with Gasteiger partial charge in [-0.1, -0.05) is 32.0 Å². The number of amides is 1. The van der Waals surface area contributed by atoms with Crippen LogP contribution >= 0.6 is 11.8 Å². The highest BCUT2D eigenvalue weighted by molar-refractivity contribution is 8.13. The van der Waals surface area contributed by atoms with Crippen molar-refractivity contribution in [3.8, 4) is 0 Å². The second-order valence-electron chi connectivity index (χ2n) is 4.11. The highest BCUT2D eigenvalue weighted by Gasteiger charge is 2.26. The lowest BCUT2D eigenvalue weighted by molar-refractivity contribution is 0.190. The Morgan fingerprint density at radius 1 is 1.43 bits per heavy atom. The number of hydrogen-bond donors (Lipinski definition) is 0. The van der Waals surface area contributed by atoms with Gasteiger partial charge in [0.15, 0.2) is 0 Å². The van der Waals surface area contributed by atoms with Crippen molar-refractivity contribution in [1.82, 2.24) is 4.90 Å². The second-order valence-corrected chi connectivity index (χ2v) is 5.32. The van der Waals surface area contributed by atoms with E-state index in [4.69, 9.17) is 0 Å². The van der Waals surface area contributed by atoms with E-state index < -0.39 is 0 Å². The van der Waals surface area contributed by atoms with Crippen molar-refractivity contribution in [3.63, 3.8) is 0 Å². The molecule has 1 amide bonds. The average molecular weight is 215 g/mol. The molecule has 0 N–H and O–H groups in total. The molecule has 0 aliphatic carbocycles. The number of rotatable bonds is 1. The third kappa shape index (κ3) is 2.91. The van der Waals surface area contributed by atoms with E-state index in [0.29, 0.717) is 12.0 Å². The first kappa shape index (κ1) is 11.9. The molecule has 2 unspecified atom stereocenters. The summed E-state index contributed by atoms with van der Waals surface area (Å²) in [6.07, 6.45) is 3.71. The van der Waals surface area contributed by atoms with E-state index in [1.807, 2.05) is 6.92 Å². The van der Waals surface area contributed by atoms with Gasteiger partial charge < -0.3 is 4.90 Å². The molecule has 0 aromatic heterocycles. The van der Waals surface area contributed by atoms with Gasteiger partial charge in [0.25, 0.3) is 5.24 Å². The van der Waals surface area contributed by atoms with Crippen LogP contribution in [-0.2, 0) is 0 Å². The maximum absolute atomic E-state index is 11.8. The van der Waals surface area contributed by atoms with Crippen LogP contribution < -0.4 is 0 Å². The minimum Gasteiger partial charge on any atom is -0.331 e. The predicted octanol–water partition coefficient (Wildman–Crippen LogP) is 3.37. The summed E-state index contributed by atoms with van der Waals surface area (Å²) >= 11 is 1.44. The number of nitrogens with zero attached hydrogens (tertiary/aromatic N) is 1. The van der Waals surface area contributed by atoms with Gasteiger partial charge in [-0.3, -0.25) is 4.79 Å². The fourth-order valence-corrected chi connectivity index (χ4v) is 2.63. The van der Waals surface area contributed by atoms with E-state index in [9.17, 15) is 4.79 Å². The fraction of sp³-hybridized carbons (Fsp3) is 0.909. The maximum atomic E-state index is 11.8. The van der Waals surface area contributed by atoms with Crippen molar-refractivity contribution in [2.45, 2.75) is 46.1 Å². The zero-order valence-corrected chi connectivity index (χ0v) is 10.3. The first-order chi connectivity index (χ1) is 6.66. The topological polar surface area (TPSA) is 20.3 Å². The lowest BCUT2D eigenvalue weighted by Crippen LogP contribution is -2.39. The van der Waals surface area contributed by atoms with Crippen molar-refractivity contribution in [3.05, 3.63) is 0 Å². The SMILES string of the molecule is CCSC(=O)N1CCCCC(C)C1C. The molecule has 0 aromatic carbocycles. The summed E-state index contributed by atoms with van der Waals surface area (Å²) < 4.78 is 0. The molecule has 0 radical (unpaired) electrons. The highest BCUT2D eigenvalue weighted by Crippen LogP contribution is 2.25. The van der Waals surface area contributed by atoms with Crippen molar-refractivity contribution in [2.75, 3.05) is 12.3 Å².